The molecular formula is C27H32N4O3. The number of H-pyrrole nitrogens is 1. The number of ether oxygens (including phenoxy) is 1. The monoisotopic (exact) mass is 460 g/mol. The third kappa shape index (κ3) is 4.19. The molecule has 1 aromatic rings. The summed E-state index contributed by atoms with van der Waals surface area (Å²) in [4.78, 5) is 29.2. The predicted molar refractivity (Wildman–Crippen MR) is 132 cm³/mol. The van der Waals surface area contributed by atoms with E-state index in [1.165, 1.54) is 0 Å². The van der Waals surface area contributed by atoms with Crippen molar-refractivity contribution < 1.29 is 14.3 Å². The minimum Gasteiger partial charge on any atom is -0.491 e. The van der Waals surface area contributed by atoms with Gasteiger partial charge in [0, 0.05) is 31.6 Å². The van der Waals surface area contributed by atoms with Crippen LogP contribution >= 0.6 is 0 Å². The third-order valence-electron chi connectivity index (χ3n) is 6.99. The van der Waals surface area contributed by atoms with Crippen LogP contribution in [0.5, 0.6) is 0 Å². The highest BCUT2D eigenvalue weighted by Crippen LogP contribution is 2.57. The molecule has 4 rings (SSSR count). The Balaban J connectivity index is 1.48. The number of aromatic amines is 1. The first kappa shape index (κ1) is 23.6. The number of nitrogens with zero attached hydrogens (tertiary/aromatic N) is 3. The molecule has 1 aromatic heterocycles. The maximum Gasteiger partial charge on any atom is 0.238 e. The standard InChI is InChI=1S/C27H32N4O3/c1-5-9-25-23(6-2)27(26(33)31(25)17-21(18-32)30-12-7-8-13-30)14-22(15-27)34-20(4)10-11-24-19(3)16-28-29-24/h5-6,9-11,16,22H,1,4,7-8,12-15,17H2,2-3H3,(H,28,29)/b11-10-,23-6+,25-9+. The Morgan fingerprint density at radius 1 is 1.38 bits per heavy atom. The van der Waals surface area contributed by atoms with Crippen LogP contribution in [0.1, 0.15) is 43.9 Å². The van der Waals surface area contributed by atoms with Crippen LogP contribution in [-0.2, 0) is 14.3 Å². The van der Waals surface area contributed by atoms with Gasteiger partial charge in [-0.25, -0.2) is 4.79 Å². The molecule has 1 spiro atoms. The Morgan fingerprint density at radius 3 is 2.71 bits per heavy atom. The molecule has 0 radical (unpaired) electrons. The number of rotatable bonds is 8. The minimum atomic E-state index is -0.642. The molecule has 7 heteroatoms. The summed E-state index contributed by atoms with van der Waals surface area (Å²) >= 11 is 0. The summed E-state index contributed by atoms with van der Waals surface area (Å²) in [6, 6.07) is 0. The van der Waals surface area contributed by atoms with Crippen LogP contribution in [0.25, 0.3) is 6.08 Å². The number of allylic oxidation sites excluding steroid dienone is 5. The van der Waals surface area contributed by atoms with Crippen molar-refractivity contribution in [2.24, 2.45) is 5.41 Å². The molecule has 1 aliphatic carbocycles. The van der Waals surface area contributed by atoms with Gasteiger partial charge in [0.15, 0.2) is 0 Å². The van der Waals surface area contributed by atoms with Gasteiger partial charge in [0.2, 0.25) is 5.91 Å². The molecule has 2 saturated heterocycles. The van der Waals surface area contributed by atoms with E-state index >= 15 is 0 Å². The van der Waals surface area contributed by atoms with E-state index in [4.69, 9.17) is 4.74 Å². The van der Waals surface area contributed by atoms with E-state index in [9.17, 15) is 9.59 Å². The lowest BCUT2D eigenvalue weighted by Crippen LogP contribution is -2.49. The normalized spacial score (nSPS) is 26.5. The van der Waals surface area contributed by atoms with E-state index in [1.54, 1.807) is 17.2 Å². The summed E-state index contributed by atoms with van der Waals surface area (Å²) in [5.74, 6) is 2.64. The Morgan fingerprint density at radius 2 is 2.12 bits per heavy atom. The molecule has 178 valence electrons. The SMILES string of the molecule is C=C/C=C1\C(=C/C)C2(CC(OC(=C)/C=C\c3[nH]ncc3C)C2)C(=O)N1CC(=C=O)N1CCCC1. The number of aromatic nitrogens is 2. The molecule has 3 fully saturated rings. The molecule has 3 heterocycles. The molecule has 1 saturated carbocycles. The van der Waals surface area contributed by atoms with Gasteiger partial charge in [0.05, 0.1) is 23.9 Å². The molecule has 0 unspecified atom stereocenters. The topological polar surface area (TPSA) is 78.5 Å². The zero-order chi connectivity index (χ0) is 24.3. The first-order valence-corrected chi connectivity index (χ1v) is 11.8. The fourth-order valence-corrected chi connectivity index (χ4v) is 5.23. The summed E-state index contributed by atoms with van der Waals surface area (Å²) < 4.78 is 6.04. The maximum atomic E-state index is 13.7. The van der Waals surface area contributed by atoms with Crippen LogP contribution in [0, 0.1) is 12.3 Å². The number of likely N-dealkylation sites (tertiary alicyclic amines) is 2. The van der Waals surface area contributed by atoms with Gasteiger partial charge in [-0.1, -0.05) is 25.3 Å². The number of aryl methyl sites for hydroxylation is 1. The Bertz CT molecular complexity index is 1120. The number of carbonyl (C=O) groups excluding carboxylic acids is 2. The highest BCUT2D eigenvalue weighted by molar-refractivity contribution is 5.95. The van der Waals surface area contributed by atoms with Crippen molar-refractivity contribution in [1.29, 1.82) is 0 Å². The molecule has 7 nitrogen and oxygen atoms in total. The average molecular weight is 461 g/mol. The van der Waals surface area contributed by atoms with Crippen molar-refractivity contribution in [1.82, 2.24) is 20.0 Å². The van der Waals surface area contributed by atoms with E-state index in [0.717, 1.165) is 48.5 Å². The number of amides is 1. The summed E-state index contributed by atoms with van der Waals surface area (Å²) in [5, 5.41) is 6.93. The van der Waals surface area contributed by atoms with Crippen molar-refractivity contribution in [3.63, 3.8) is 0 Å². The Labute approximate surface area is 200 Å². The smallest absolute Gasteiger partial charge is 0.238 e. The number of hydrogen-bond donors (Lipinski definition) is 1. The lowest BCUT2D eigenvalue weighted by atomic mass is 9.62. The summed E-state index contributed by atoms with van der Waals surface area (Å²) in [6.07, 6.45) is 14.1. The fraction of sp³-hybridized carbons (Fsp3) is 0.407. The lowest BCUT2D eigenvalue weighted by molar-refractivity contribution is -0.144. The molecule has 0 aromatic carbocycles. The first-order valence-electron chi connectivity index (χ1n) is 11.8. The van der Waals surface area contributed by atoms with Crippen LogP contribution < -0.4 is 0 Å². The maximum absolute atomic E-state index is 13.7. The fourth-order valence-electron chi connectivity index (χ4n) is 5.23. The highest BCUT2D eigenvalue weighted by atomic mass is 16.5. The van der Waals surface area contributed by atoms with Gasteiger partial charge in [-0.2, -0.15) is 5.10 Å². The molecule has 3 aliphatic rings. The molecule has 1 amide bonds. The molecule has 0 atom stereocenters. The molecule has 34 heavy (non-hydrogen) atoms. The van der Waals surface area contributed by atoms with Crippen LogP contribution in [0.2, 0.25) is 0 Å². The summed E-state index contributed by atoms with van der Waals surface area (Å²) in [5.41, 5.74) is 3.62. The Kier molecular flexibility index (Phi) is 6.75. The van der Waals surface area contributed by atoms with E-state index < -0.39 is 5.41 Å². The minimum absolute atomic E-state index is 0.00901. The zero-order valence-corrected chi connectivity index (χ0v) is 20.0. The van der Waals surface area contributed by atoms with Crippen LogP contribution in [0.15, 0.2) is 66.4 Å². The summed E-state index contributed by atoms with van der Waals surface area (Å²) in [6.45, 7) is 13.7. The van der Waals surface area contributed by atoms with Gasteiger partial charge in [-0.15, -0.1) is 0 Å². The van der Waals surface area contributed by atoms with Crippen LogP contribution in [0.4, 0.5) is 0 Å². The third-order valence-corrected chi connectivity index (χ3v) is 6.99. The second kappa shape index (κ2) is 9.74. The number of carbonyl (C=O) groups is 1. The van der Waals surface area contributed by atoms with E-state index in [2.05, 4.69) is 29.3 Å². The van der Waals surface area contributed by atoms with Gasteiger partial charge < -0.3 is 14.5 Å². The van der Waals surface area contributed by atoms with Gasteiger partial charge in [-0.05, 0) is 56.1 Å². The second-order valence-electron chi connectivity index (χ2n) is 9.12. The van der Waals surface area contributed by atoms with Crippen LogP contribution in [-0.4, -0.2) is 57.6 Å². The van der Waals surface area contributed by atoms with Crippen molar-refractivity contribution >= 4 is 17.9 Å². The quantitative estimate of drug-likeness (QED) is 0.359. The van der Waals surface area contributed by atoms with Crippen molar-refractivity contribution in [2.45, 2.75) is 45.6 Å². The van der Waals surface area contributed by atoms with E-state index in [1.807, 2.05) is 43.1 Å². The van der Waals surface area contributed by atoms with Crippen molar-refractivity contribution in [3.8, 4) is 0 Å². The van der Waals surface area contributed by atoms with Crippen molar-refractivity contribution in [2.75, 3.05) is 19.6 Å². The molecule has 1 N–H and O–H groups in total. The molecular weight excluding hydrogens is 428 g/mol. The zero-order valence-electron chi connectivity index (χ0n) is 20.0. The lowest BCUT2D eigenvalue weighted by Gasteiger charge is -2.43. The Hall–Kier alpha value is -3.57. The van der Waals surface area contributed by atoms with Gasteiger partial charge in [-0.3, -0.25) is 9.89 Å². The average Bonchev–Trinajstić information content (AvgIpc) is 3.52. The van der Waals surface area contributed by atoms with E-state index in [0.29, 0.717) is 24.3 Å². The largest absolute Gasteiger partial charge is 0.491 e. The van der Waals surface area contributed by atoms with Crippen molar-refractivity contribution in [3.05, 3.63) is 77.6 Å². The highest BCUT2D eigenvalue weighted by Gasteiger charge is 2.61. The predicted octanol–water partition coefficient (Wildman–Crippen LogP) is 4.08. The molecule has 0 bridgehead atoms. The number of hydrogen-bond acceptors (Lipinski definition) is 5. The van der Waals surface area contributed by atoms with Crippen LogP contribution in [0.3, 0.4) is 0 Å². The first-order chi connectivity index (χ1) is 16.4. The van der Waals surface area contributed by atoms with Gasteiger partial charge in [0.1, 0.15) is 23.5 Å². The van der Waals surface area contributed by atoms with E-state index in [-0.39, 0.29) is 18.6 Å². The van der Waals surface area contributed by atoms with Gasteiger partial charge >= 0.3 is 0 Å². The molecule has 2 aliphatic heterocycles. The summed E-state index contributed by atoms with van der Waals surface area (Å²) in [7, 11) is 0. The van der Waals surface area contributed by atoms with Gasteiger partial charge in [0.25, 0.3) is 0 Å². The second-order valence-corrected chi connectivity index (χ2v) is 9.12. The number of nitrogens with one attached hydrogen (secondary N) is 1.